The van der Waals surface area contributed by atoms with Crippen LogP contribution in [-0.4, -0.2) is 48.6 Å². The van der Waals surface area contributed by atoms with Crippen LogP contribution in [0.4, 0.5) is 0 Å². The maximum atomic E-state index is 5.85. The van der Waals surface area contributed by atoms with E-state index in [0.717, 1.165) is 37.7 Å². The summed E-state index contributed by atoms with van der Waals surface area (Å²) < 4.78 is 5.85. The number of furan rings is 1. The van der Waals surface area contributed by atoms with Crippen molar-refractivity contribution in [2.24, 2.45) is 0 Å². The molecule has 20 heavy (non-hydrogen) atoms. The lowest BCUT2D eigenvalue weighted by Gasteiger charge is -2.33. The number of rotatable bonds is 6. The van der Waals surface area contributed by atoms with Gasteiger partial charge in [-0.3, -0.25) is 4.90 Å². The number of nitrogens with one attached hydrogen (secondary N) is 1. The molecule has 1 aliphatic heterocycles. The van der Waals surface area contributed by atoms with E-state index in [2.05, 4.69) is 48.9 Å². The summed E-state index contributed by atoms with van der Waals surface area (Å²) in [6.07, 6.45) is 0. The molecule has 0 saturated carbocycles. The second-order valence-corrected chi connectivity index (χ2v) is 6.04. The van der Waals surface area contributed by atoms with Crippen LogP contribution < -0.4 is 5.32 Å². The van der Waals surface area contributed by atoms with Gasteiger partial charge in [0.05, 0.1) is 6.54 Å². The highest BCUT2D eigenvalue weighted by molar-refractivity contribution is 5.20. The largest absolute Gasteiger partial charge is 0.465 e. The lowest BCUT2D eigenvalue weighted by molar-refractivity contribution is 0.131. The van der Waals surface area contributed by atoms with Gasteiger partial charge < -0.3 is 14.6 Å². The van der Waals surface area contributed by atoms with Crippen molar-refractivity contribution in [1.82, 2.24) is 15.1 Å². The summed E-state index contributed by atoms with van der Waals surface area (Å²) in [6, 6.07) is 2.71. The summed E-state index contributed by atoms with van der Waals surface area (Å²) >= 11 is 0. The first-order valence-corrected chi connectivity index (χ1v) is 7.84. The van der Waals surface area contributed by atoms with Gasteiger partial charge in [0.2, 0.25) is 0 Å². The average molecular weight is 279 g/mol. The summed E-state index contributed by atoms with van der Waals surface area (Å²) in [7, 11) is 0. The Kier molecular flexibility index (Phi) is 5.64. The Bertz CT molecular complexity index is 406. The van der Waals surface area contributed by atoms with Gasteiger partial charge in [-0.15, -0.1) is 0 Å². The SMILES string of the molecule is CCN1CCN(Cc2cc(CNC(C)C)oc2C)CC1. The van der Waals surface area contributed by atoms with E-state index in [1.807, 2.05) is 0 Å². The number of nitrogens with zero attached hydrogens (tertiary/aromatic N) is 2. The molecule has 0 aliphatic carbocycles. The van der Waals surface area contributed by atoms with Crippen LogP contribution in [0, 0.1) is 6.92 Å². The molecule has 4 heteroatoms. The van der Waals surface area contributed by atoms with Crippen LogP contribution >= 0.6 is 0 Å². The first-order chi connectivity index (χ1) is 9.58. The summed E-state index contributed by atoms with van der Waals surface area (Å²) in [5.41, 5.74) is 1.34. The van der Waals surface area contributed by atoms with Gasteiger partial charge in [-0.25, -0.2) is 0 Å². The van der Waals surface area contributed by atoms with Crippen LogP contribution in [0.5, 0.6) is 0 Å². The molecule has 0 bridgehead atoms. The van der Waals surface area contributed by atoms with E-state index in [1.54, 1.807) is 0 Å². The molecule has 1 saturated heterocycles. The van der Waals surface area contributed by atoms with E-state index in [0.29, 0.717) is 6.04 Å². The van der Waals surface area contributed by atoms with Gasteiger partial charge in [-0.2, -0.15) is 0 Å². The molecule has 1 N–H and O–H groups in total. The topological polar surface area (TPSA) is 31.6 Å². The molecule has 1 fully saturated rings. The maximum absolute atomic E-state index is 5.85. The quantitative estimate of drug-likeness (QED) is 0.865. The molecule has 0 unspecified atom stereocenters. The van der Waals surface area contributed by atoms with Crippen LogP contribution in [0.1, 0.15) is 37.9 Å². The highest BCUT2D eigenvalue weighted by atomic mass is 16.3. The van der Waals surface area contributed by atoms with Crippen LogP contribution in [-0.2, 0) is 13.1 Å². The van der Waals surface area contributed by atoms with E-state index in [1.165, 1.54) is 25.2 Å². The Morgan fingerprint density at radius 2 is 1.85 bits per heavy atom. The van der Waals surface area contributed by atoms with Gasteiger partial charge in [0.25, 0.3) is 0 Å². The Hall–Kier alpha value is -0.840. The predicted octanol–water partition coefficient (Wildman–Crippen LogP) is 2.22. The Morgan fingerprint density at radius 3 is 2.45 bits per heavy atom. The minimum absolute atomic E-state index is 0.492. The van der Waals surface area contributed by atoms with Gasteiger partial charge in [0.1, 0.15) is 11.5 Å². The number of aryl methyl sites for hydroxylation is 1. The highest BCUT2D eigenvalue weighted by Crippen LogP contribution is 2.17. The number of piperazine rings is 1. The zero-order valence-corrected chi connectivity index (χ0v) is 13.4. The van der Waals surface area contributed by atoms with Gasteiger partial charge in [-0.05, 0) is 19.5 Å². The third-order valence-corrected chi connectivity index (χ3v) is 4.06. The molecule has 1 aromatic rings. The molecular weight excluding hydrogens is 250 g/mol. The first kappa shape index (κ1) is 15.5. The highest BCUT2D eigenvalue weighted by Gasteiger charge is 2.17. The predicted molar refractivity (Wildman–Crippen MR) is 82.8 cm³/mol. The van der Waals surface area contributed by atoms with Gasteiger partial charge in [0.15, 0.2) is 0 Å². The fraction of sp³-hybridized carbons (Fsp3) is 0.750. The molecule has 0 aromatic carbocycles. The van der Waals surface area contributed by atoms with Crippen molar-refractivity contribution in [1.29, 1.82) is 0 Å². The monoisotopic (exact) mass is 279 g/mol. The molecule has 0 radical (unpaired) electrons. The minimum Gasteiger partial charge on any atom is -0.465 e. The van der Waals surface area contributed by atoms with Crippen molar-refractivity contribution in [3.05, 3.63) is 23.2 Å². The summed E-state index contributed by atoms with van der Waals surface area (Å²) in [5.74, 6) is 2.13. The smallest absolute Gasteiger partial charge is 0.118 e. The summed E-state index contributed by atoms with van der Waals surface area (Å²) in [5, 5.41) is 3.41. The molecule has 1 aliphatic rings. The number of likely N-dealkylation sites (N-methyl/N-ethyl adjacent to an activating group) is 1. The lowest BCUT2D eigenvalue weighted by Crippen LogP contribution is -2.45. The Labute approximate surface area is 123 Å². The summed E-state index contributed by atoms with van der Waals surface area (Å²) in [4.78, 5) is 5.04. The zero-order chi connectivity index (χ0) is 14.5. The minimum atomic E-state index is 0.492. The van der Waals surface area contributed by atoms with Gasteiger partial charge in [-0.1, -0.05) is 20.8 Å². The van der Waals surface area contributed by atoms with Crippen LogP contribution in [0.25, 0.3) is 0 Å². The molecule has 2 heterocycles. The average Bonchev–Trinajstić information content (AvgIpc) is 2.78. The van der Waals surface area contributed by atoms with E-state index in [9.17, 15) is 0 Å². The Morgan fingerprint density at radius 1 is 1.20 bits per heavy atom. The van der Waals surface area contributed by atoms with Crippen LogP contribution in [0.2, 0.25) is 0 Å². The normalized spacial score (nSPS) is 18.1. The summed E-state index contributed by atoms with van der Waals surface area (Å²) in [6.45, 7) is 16.4. The van der Waals surface area contributed by atoms with Crippen molar-refractivity contribution < 1.29 is 4.42 Å². The maximum Gasteiger partial charge on any atom is 0.118 e. The number of hydrogen-bond donors (Lipinski definition) is 1. The standard InChI is InChI=1S/C16H29N3O/c1-5-18-6-8-19(9-7-18)12-15-10-16(20-14(15)4)11-17-13(2)3/h10,13,17H,5-9,11-12H2,1-4H3. The van der Waals surface area contributed by atoms with Crippen molar-refractivity contribution in [2.45, 2.75) is 46.8 Å². The van der Waals surface area contributed by atoms with E-state index < -0.39 is 0 Å². The molecule has 0 spiro atoms. The van der Waals surface area contributed by atoms with Crippen molar-refractivity contribution >= 4 is 0 Å². The molecule has 114 valence electrons. The molecule has 0 atom stereocenters. The van der Waals surface area contributed by atoms with Crippen molar-refractivity contribution in [3.8, 4) is 0 Å². The first-order valence-electron chi connectivity index (χ1n) is 7.84. The molecule has 1 aromatic heterocycles. The van der Waals surface area contributed by atoms with Crippen molar-refractivity contribution in [2.75, 3.05) is 32.7 Å². The third-order valence-electron chi connectivity index (χ3n) is 4.06. The third kappa shape index (κ3) is 4.33. The molecule has 4 nitrogen and oxygen atoms in total. The van der Waals surface area contributed by atoms with Crippen LogP contribution in [0.15, 0.2) is 10.5 Å². The molecule has 0 amide bonds. The lowest BCUT2D eigenvalue weighted by atomic mass is 10.2. The van der Waals surface area contributed by atoms with E-state index in [4.69, 9.17) is 4.42 Å². The molecule has 2 rings (SSSR count). The fourth-order valence-corrected chi connectivity index (χ4v) is 2.64. The van der Waals surface area contributed by atoms with Gasteiger partial charge in [0, 0.05) is 44.3 Å². The number of hydrogen-bond acceptors (Lipinski definition) is 4. The second-order valence-electron chi connectivity index (χ2n) is 6.04. The van der Waals surface area contributed by atoms with Crippen molar-refractivity contribution in [3.63, 3.8) is 0 Å². The zero-order valence-electron chi connectivity index (χ0n) is 13.4. The van der Waals surface area contributed by atoms with Gasteiger partial charge >= 0.3 is 0 Å². The van der Waals surface area contributed by atoms with Crippen LogP contribution in [0.3, 0.4) is 0 Å². The second kappa shape index (κ2) is 7.25. The van der Waals surface area contributed by atoms with E-state index in [-0.39, 0.29) is 0 Å². The fourth-order valence-electron chi connectivity index (χ4n) is 2.64. The van der Waals surface area contributed by atoms with E-state index >= 15 is 0 Å². The molecular formula is C16H29N3O. The Balaban J connectivity index is 1.86.